The van der Waals surface area contributed by atoms with Crippen molar-refractivity contribution < 1.29 is 9.18 Å². The maximum absolute atomic E-state index is 14.7. The molecular formula is C20H31FN4O. The standard InChI is InChI=1S/C20H31FN4O/c1-2-23-11-13-24(14-12-23)19-7-6-16(15-18(19)21)20(26)25-10-4-3-5-17(25)8-9-22/h6-7,15,17H,2-5,8-14,22H2,1H3. The first-order valence-electron chi connectivity index (χ1n) is 9.92. The van der Waals surface area contributed by atoms with Crippen molar-refractivity contribution in [1.82, 2.24) is 9.80 Å². The second-order valence-corrected chi connectivity index (χ2v) is 7.31. The molecule has 0 spiro atoms. The summed E-state index contributed by atoms with van der Waals surface area (Å²) in [4.78, 5) is 19.2. The van der Waals surface area contributed by atoms with Crippen molar-refractivity contribution in [3.05, 3.63) is 29.6 Å². The van der Waals surface area contributed by atoms with Crippen LogP contribution in [0.4, 0.5) is 10.1 Å². The minimum absolute atomic E-state index is 0.0654. The lowest BCUT2D eigenvalue weighted by atomic mass is 9.98. The molecule has 26 heavy (non-hydrogen) atoms. The number of anilines is 1. The average molecular weight is 362 g/mol. The zero-order valence-corrected chi connectivity index (χ0v) is 15.8. The van der Waals surface area contributed by atoms with Crippen LogP contribution in [0, 0.1) is 5.82 Å². The third kappa shape index (κ3) is 4.18. The molecule has 2 aliphatic rings. The number of piperidine rings is 1. The van der Waals surface area contributed by atoms with Crippen LogP contribution < -0.4 is 10.6 Å². The van der Waals surface area contributed by atoms with E-state index in [0.717, 1.165) is 65.0 Å². The number of piperazine rings is 1. The molecule has 1 unspecified atom stereocenters. The maximum atomic E-state index is 14.7. The number of carbonyl (C=O) groups is 1. The summed E-state index contributed by atoms with van der Waals surface area (Å²) < 4.78 is 14.7. The second-order valence-electron chi connectivity index (χ2n) is 7.31. The number of nitrogens with two attached hydrogens (primary N) is 1. The molecule has 0 saturated carbocycles. The van der Waals surface area contributed by atoms with Gasteiger partial charge < -0.3 is 20.4 Å². The molecule has 1 aromatic rings. The van der Waals surface area contributed by atoms with Gasteiger partial charge in [-0.2, -0.15) is 0 Å². The molecule has 2 saturated heterocycles. The zero-order chi connectivity index (χ0) is 18.5. The summed E-state index contributed by atoms with van der Waals surface area (Å²) in [5.74, 6) is -0.363. The molecule has 1 aromatic carbocycles. The van der Waals surface area contributed by atoms with Gasteiger partial charge in [-0.15, -0.1) is 0 Å². The summed E-state index contributed by atoms with van der Waals surface area (Å²) in [7, 11) is 0. The molecule has 0 bridgehead atoms. The average Bonchev–Trinajstić information content (AvgIpc) is 2.68. The Morgan fingerprint density at radius 1 is 1.19 bits per heavy atom. The van der Waals surface area contributed by atoms with Crippen molar-refractivity contribution in [1.29, 1.82) is 0 Å². The number of hydrogen-bond acceptors (Lipinski definition) is 4. The van der Waals surface area contributed by atoms with E-state index in [-0.39, 0.29) is 17.8 Å². The lowest BCUT2D eigenvalue weighted by Crippen LogP contribution is -2.46. The molecule has 1 atom stereocenters. The predicted molar refractivity (Wildman–Crippen MR) is 103 cm³/mol. The fourth-order valence-electron chi connectivity index (χ4n) is 4.13. The smallest absolute Gasteiger partial charge is 0.254 e. The van der Waals surface area contributed by atoms with Crippen LogP contribution in [-0.2, 0) is 0 Å². The Hall–Kier alpha value is -1.66. The lowest BCUT2D eigenvalue weighted by Gasteiger charge is -2.36. The van der Waals surface area contributed by atoms with Gasteiger partial charge in [0.2, 0.25) is 0 Å². The van der Waals surface area contributed by atoms with E-state index in [0.29, 0.717) is 17.8 Å². The van der Waals surface area contributed by atoms with E-state index < -0.39 is 0 Å². The van der Waals surface area contributed by atoms with Gasteiger partial charge in [-0.05, 0) is 57.0 Å². The minimum Gasteiger partial charge on any atom is -0.367 e. The maximum Gasteiger partial charge on any atom is 0.254 e. The molecule has 1 amide bonds. The van der Waals surface area contributed by atoms with Gasteiger partial charge >= 0.3 is 0 Å². The summed E-state index contributed by atoms with van der Waals surface area (Å²) in [6.45, 7) is 8.04. The molecule has 0 aromatic heterocycles. The van der Waals surface area contributed by atoms with E-state index >= 15 is 0 Å². The Labute approximate surface area is 155 Å². The van der Waals surface area contributed by atoms with E-state index in [1.165, 1.54) is 6.07 Å². The topological polar surface area (TPSA) is 52.8 Å². The summed E-state index contributed by atoms with van der Waals surface area (Å²) in [5, 5.41) is 0. The third-order valence-corrected chi connectivity index (χ3v) is 5.74. The van der Waals surface area contributed by atoms with E-state index in [9.17, 15) is 9.18 Å². The molecule has 2 N–H and O–H groups in total. The minimum atomic E-state index is -0.298. The van der Waals surface area contributed by atoms with Crippen LogP contribution in [0.3, 0.4) is 0 Å². The number of likely N-dealkylation sites (N-methyl/N-ethyl adjacent to an activating group) is 1. The molecule has 2 aliphatic heterocycles. The molecule has 0 aliphatic carbocycles. The molecular weight excluding hydrogens is 331 g/mol. The van der Waals surface area contributed by atoms with Gasteiger partial charge in [-0.3, -0.25) is 4.79 Å². The fraction of sp³-hybridized carbons (Fsp3) is 0.650. The number of hydrogen-bond donors (Lipinski definition) is 1. The van der Waals surface area contributed by atoms with Gasteiger partial charge in [0.25, 0.3) is 5.91 Å². The monoisotopic (exact) mass is 362 g/mol. The molecule has 6 heteroatoms. The number of benzene rings is 1. The van der Waals surface area contributed by atoms with Gasteiger partial charge in [-0.25, -0.2) is 4.39 Å². The molecule has 5 nitrogen and oxygen atoms in total. The van der Waals surface area contributed by atoms with Gasteiger partial charge in [-0.1, -0.05) is 6.92 Å². The van der Waals surface area contributed by atoms with Crippen LogP contribution in [0.15, 0.2) is 18.2 Å². The summed E-state index contributed by atoms with van der Waals surface area (Å²) in [6, 6.07) is 5.15. The third-order valence-electron chi connectivity index (χ3n) is 5.74. The molecule has 0 radical (unpaired) electrons. The summed E-state index contributed by atoms with van der Waals surface area (Å²) in [6.07, 6.45) is 3.94. The Morgan fingerprint density at radius 3 is 2.62 bits per heavy atom. The highest BCUT2D eigenvalue weighted by atomic mass is 19.1. The van der Waals surface area contributed by atoms with Crippen molar-refractivity contribution in [3.63, 3.8) is 0 Å². The van der Waals surface area contributed by atoms with Crippen LogP contribution in [0.2, 0.25) is 0 Å². The molecule has 2 fully saturated rings. The quantitative estimate of drug-likeness (QED) is 0.873. The SMILES string of the molecule is CCN1CCN(c2ccc(C(=O)N3CCCCC3CCN)cc2F)CC1. The number of nitrogens with zero attached hydrogens (tertiary/aromatic N) is 3. The highest BCUT2D eigenvalue weighted by molar-refractivity contribution is 5.95. The lowest BCUT2D eigenvalue weighted by molar-refractivity contribution is 0.0604. The van der Waals surface area contributed by atoms with Crippen LogP contribution >= 0.6 is 0 Å². The van der Waals surface area contributed by atoms with E-state index in [4.69, 9.17) is 5.73 Å². The van der Waals surface area contributed by atoms with Crippen molar-refractivity contribution in [2.24, 2.45) is 5.73 Å². The highest BCUT2D eigenvalue weighted by Gasteiger charge is 2.28. The van der Waals surface area contributed by atoms with Crippen LogP contribution in [0.25, 0.3) is 0 Å². The number of halogens is 1. The van der Waals surface area contributed by atoms with Crippen molar-refractivity contribution in [2.45, 2.75) is 38.6 Å². The summed E-state index contributed by atoms with van der Waals surface area (Å²) >= 11 is 0. The number of rotatable bonds is 5. The molecule has 3 rings (SSSR count). The van der Waals surface area contributed by atoms with E-state index in [2.05, 4.69) is 16.7 Å². The normalized spacial score (nSPS) is 21.9. The second kappa shape index (κ2) is 8.82. The van der Waals surface area contributed by atoms with Crippen LogP contribution in [0.1, 0.15) is 43.0 Å². The van der Waals surface area contributed by atoms with Crippen molar-refractivity contribution >= 4 is 11.6 Å². The van der Waals surface area contributed by atoms with Crippen molar-refractivity contribution in [2.75, 3.05) is 50.7 Å². The highest BCUT2D eigenvalue weighted by Crippen LogP contribution is 2.25. The van der Waals surface area contributed by atoms with Gasteiger partial charge in [0, 0.05) is 44.3 Å². The largest absolute Gasteiger partial charge is 0.367 e. The first-order valence-corrected chi connectivity index (χ1v) is 9.92. The first kappa shape index (κ1) is 19.1. The van der Waals surface area contributed by atoms with Crippen LogP contribution in [-0.4, -0.2) is 67.6 Å². The predicted octanol–water partition coefficient (Wildman–Crippen LogP) is 2.31. The molecule has 144 valence electrons. The van der Waals surface area contributed by atoms with Gasteiger partial charge in [0.05, 0.1) is 5.69 Å². The Bertz CT molecular complexity index is 614. The Morgan fingerprint density at radius 2 is 1.96 bits per heavy atom. The first-order chi connectivity index (χ1) is 12.6. The fourth-order valence-corrected chi connectivity index (χ4v) is 4.13. The van der Waals surface area contributed by atoms with Crippen LogP contribution in [0.5, 0.6) is 0 Å². The van der Waals surface area contributed by atoms with Crippen molar-refractivity contribution in [3.8, 4) is 0 Å². The Balaban J connectivity index is 1.71. The molecule has 2 heterocycles. The number of carbonyl (C=O) groups excluding carboxylic acids is 1. The van der Waals surface area contributed by atoms with Gasteiger partial charge in [0.15, 0.2) is 0 Å². The number of amides is 1. The van der Waals surface area contributed by atoms with E-state index in [1.54, 1.807) is 12.1 Å². The van der Waals surface area contributed by atoms with Gasteiger partial charge in [0.1, 0.15) is 5.82 Å². The summed E-state index contributed by atoms with van der Waals surface area (Å²) in [5.41, 5.74) is 6.75. The van der Waals surface area contributed by atoms with E-state index in [1.807, 2.05) is 4.90 Å². The zero-order valence-electron chi connectivity index (χ0n) is 15.8. The number of likely N-dealkylation sites (tertiary alicyclic amines) is 1. The Kier molecular flexibility index (Phi) is 6.48.